The van der Waals surface area contributed by atoms with E-state index in [2.05, 4.69) is 5.32 Å². The van der Waals surface area contributed by atoms with Crippen molar-refractivity contribution in [1.29, 1.82) is 0 Å². The molecule has 0 unspecified atom stereocenters. The van der Waals surface area contributed by atoms with Crippen LogP contribution < -0.4 is 5.32 Å². The van der Waals surface area contributed by atoms with E-state index in [1.54, 1.807) is 6.92 Å². The number of hydrogen-bond donors (Lipinski definition) is 1. The molecule has 2 nitrogen and oxygen atoms in total. The van der Waals surface area contributed by atoms with Crippen LogP contribution in [0.1, 0.15) is 25.3 Å². The first-order valence-electron chi connectivity index (χ1n) is 7.41. The van der Waals surface area contributed by atoms with Crippen molar-refractivity contribution in [2.45, 2.75) is 29.9 Å². The van der Waals surface area contributed by atoms with Crippen LogP contribution in [0.25, 0.3) is 0 Å². The molecule has 0 aliphatic rings. The summed E-state index contributed by atoms with van der Waals surface area (Å²) in [6.07, 6.45) is 0. The van der Waals surface area contributed by atoms with Gasteiger partial charge in [0.1, 0.15) is 0 Å². The van der Waals surface area contributed by atoms with E-state index in [4.69, 9.17) is 0 Å². The van der Waals surface area contributed by atoms with E-state index >= 15 is 0 Å². The standard InChI is InChI=1S/C18H19F2NOS/c1-12(14-6-4-3-5-7-14)11-21-18(22)13(2)23-15-8-9-16(19)17(20)10-15/h3-10,12-13H,11H2,1-2H3,(H,21,22)/t12-,13-/m0/s1. The van der Waals surface area contributed by atoms with Gasteiger partial charge in [0.2, 0.25) is 5.91 Å². The normalized spacial score (nSPS) is 13.4. The zero-order chi connectivity index (χ0) is 16.8. The molecule has 0 aliphatic carbocycles. The van der Waals surface area contributed by atoms with Crippen LogP contribution in [0.3, 0.4) is 0 Å². The molecule has 0 saturated carbocycles. The highest BCUT2D eigenvalue weighted by Gasteiger charge is 2.16. The summed E-state index contributed by atoms with van der Waals surface area (Å²) >= 11 is 1.20. The molecule has 0 aliphatic heterocycles. The van der Waals surface area contributed by atoms with Crippen molar-refractivity contribution in [2.24, 2.45) is 0 Å². The summed E-state index contributed by atoms with van der Waals surface area (Å²) in [7, 11) is 0. The summed E-state index contributed by atoms with van der Waals surface area (Å²) in [6, 6.07) is 13.6. The SMILES string of the molecule is C[C@H](Sc1ccc(F)c(F)c1)C(=O)NC[C@H](C)c1ccccc1. The number of benzene rings is 2. The van der Waals surface area contributed by atoms with Gasteiger partial charge >= 0.3 is 0 Å². The maximum absolute atomic E-state index is 13.2. The Bertz CT molecular complexity index is 663. The monoisotopic (exact) mass is 335 g/mol. The summed E-state index contributed by atoms with van der Waals surface area (Å²) in [6.45, 7) is 4.32. The molecule has 0 heterocycles. The van der Waals surface area contributed by atoms with E-state index in [0.717, 1.165) is 17.7 Å². The Balaban J connectivity index is 1.86. The summed E-state index contributed by atoms with van der Waals surface area (Å²) in [5, 5.41) is 2.51. The molecule has 0 bridgehead atoms. The van der Waals surface area contributed by atoms with Crippen LogP contribution in [0, 0.1) is 11.6 Å². The van der Waals surface area contributed by atoms with Crippen LogP contribution in [0.4, 0.5) is 8.78 Å². The molecule has 5 heteroatoms. The third-order valence-corrected chi connectivity index (χ3v) is 4.62. The fraction of sp³-hybridized carbons (Fsp3) is 0.278. The van der Waals surface area contributed by atoms with Gasteiger partial charge in [0.15, 0.2) is 11.6 Å². The second-order valence-corrected chi connectivity index (χ2v) is 6.81. The van der Waals surface area contributed by atoms with E-state index in [1.807, 2.05) is 37.3 Å². The molecule has 2 rings (SSSR count). The molecule has 0 spiro atoms. The predicted molar refractivity (Wildman–Crippen MR) is 89.5 cm³/mol. The quantitative estimate of drug-likeness (QED) is 0.795. The average Bonchev–Trinajstić information content (AvgIpc) is 2.56. The highest BCUT2D eigenvalue weighted by Crippen LogP contribution is 2.25. The van der Waals surface area contributed by atoms with Gasteiger partial charge in [-0.25, -0.2) is 8.78 Å². The lowest BCUT2D eigenvalue weighted by Crippen LogP contribution is -2.33. The lowest BCUT2D eigenvalue weighted by Gasteiger charge is -2.16. The van der Waals surface area contributed by atoms with Crippen LogP contribution >= 0.6 is 11.8 Å². The van der Waals surface area contributed by atoms with Gasteiger partial charge in [-0.2, -0.15) is 0 Å². The number of amides is 1. The molecular weight excluding hydrogens is 316 g/mol. The van der Waals surface area contributed by atoms with Crippen LogP contribution in [0.5, 0.6) is 0 Å². The summed E-state index contributed by atoms with van der Waals surface area (Å²) in [5.41, 5.74) is 1.16. The minimum Gasteiger partial charge on any atom is -0.355 e. The Kier molecular flexibility index (Phi) is 6.16. The third kappa shape index (κ3) is 5.06. The Morgan fingerprint density at radius 3 is 2.43 bits per heavy atom. The fourth-order valence-corrected chi connectivity index (χ4v) is 3.02. The first-order valence-corrected chi connectivity index (χ1v) is 8.29. The molecule has 1 amide bonds. The van der Waals surface area contributed by atoms with Crippen molar-refractivity contribution in [3.63, 3.8) is 0 Å². The van der Waals surface area contributed by atoms with Crippen LogP contribution in [-0.2, 0) is 4.79 Å². The Morgan fingerprint density at radius 2 is 1.78 bits per heavy atom. The van der Waals surface area contributed by atoms with Gasteiger partial charge in [0.25, 0.3) is 0 Å². The Labute approximate surface area is 139 Å². The number of carbonyl (C=O) groups excluding carboxylic acids is 1. The minimum absolute atomic E-state index is 0.123. The number of hydrogen-bond acceptors (Lipinski definition) is 2. The van der Waals surface area contributed by atoms with Gasteiger partial charge in [0, 0.05) is 11.4 Å². The molecule has 1 N–H and O–H groups in total. The summed E-state index contributed by atoms with van der Waals surface area (Å²) in [4.78, 5) is 12.7. The minimum atomic E-state index is -0.902. The topological polar surface area (TPSA) is 29.1 Å². The number of halogens is 2. The highest BCUT2D eigenvalue weighted by molar-refractivity contribution is 8.00. The number of rotatable bonds is 6. The molecule has 23 heavy (non-hydrogen) atoms. The van der Waals surface area contributed by atoms with Gasteiger partial charge in [-0.05, 0) is 36.6 Å². The van der Waals surface area contributed by atoms with Crippen molar-refractivity contribution in [2.75, 3.05) is 6.54 Å². The van der Waals surface area contributed by atoms with Crippen molar-refractivity contribution in [1.82, 2.24) is 5.32 Å². The maximum atomic E-state index is 13.2. The highest BCUT2D eigenvalue weighted by atomic mass is 32.2. The van der Waals surface area contributed by atoms with E-state index < -0.39 is 11.6 Å². The Hall–Kier alpha value is -1.88. The van der Waals surface area contributed by atoms with Gasteiger partial charge < -0.3 is 5.32 Å². The van der Waals surface area contributed by atoms with E-state index in [0.29, 0.717) is 11.4 Å². The number of thioether (sulfide) groups is 1. The fourth-order valence-electron chi connectivity index (χ4n) is 2.10. The van der Waals surface area contributed by atoms with Crippen LogP contribution in [-0.4, -0.2) is 17.7 Å². The second kappa shape index (κ2) is 8.11. The molecular formula is C18H19F2NOS. The molecule has 0 radical (unpaired) electrons. The smallest absolute Gasteiger partial charge is 0.233 e. The third-order valence-electron chi connectivity index (χ3n) is 3.52. The predicted octanol–water partition coefficient (Wildman–Crippen LogP) is 4.37. The molecule has 2 atom stereocenters. The van der Waals surface area contributed by atoms with Crippen molar-refractivity contribution >= 4 is 17.7 Å². The zero-order valence-corrected chi connectivity index (χ0v) is 13.9. The summed E-state index contributed by atoms with van der Waals surface area (Å²) in [5.74, 6) is -1.70. The maximum Gasteiger partial charge on any atom is 0.233 e. The molecule has 0 aromatic heterocycles. The van der Waals surface area contributed by atoms with Crippen molar-refractivity contribution in [3.05, 3.63) is 65.7 Å². The first-order chi connectivity index (χ1) is 11.0. The largest absolute Gasteiger partial charge is 0.355 e. The Morgan fingerprint density at radius 1 is 1.09 bits per heavy atom. The lowest BCUT2D eigenvalue weighted by atomic mass is 10.0. The number of nitrogens with one attached hydrogen (secondary N) is 1. The molecule has 0 fully saturated rings. The first kappa shape index (κ1) is 17.5. The molecule has 0 saturated heterocycles. The van der Waals surface area contributed by atoms with E-state index in [9.17, 15) is 13.6 Å². The second-order valence-electron chi connectivity index (χ2n) is 5.39. The van der Waals surface area contributed by atoms with Gasteiger partial charge in [-0.15, -0.1) is 11.8 Å². The number of carbonyl (C=O) groups is 1. The summed E-state index contributed by atoms with van der Waals surface area (Å²) < 4.78 is 26.1. The van der Waals surface area contributed by atoms with Crippen LogP contribution in [0.15, 0.2) is 53.4 Å². The molecule has 2 aromatic carbocycles. The molecule has 122 valence electrons. The van der Waals surface area contributed by atoms with Crippen molar-refractivity contribution < 1.29 is 13.6 Å². The van der Waals surface area contributed by atoms with Crippen molar-refractivity contribution in [3.8, 4) is 0 Å². The van der Waals surface area contributed by atoms with Gasteiger partial charge in [-0.1, -0.05) is 37.3 Å². The van der Waals surface area contributed by atoms with E-state index in [-0.39, 0.29) is 17.1 Å². The van der Waals surface area contributed by atoms with Gasteiger partial charge in [-0.3, -0.25) is 4.79 Å². The lowest BCUT2D eigenvalue weighted by molar-refractivity contribution is -0.120. The molecule has 2 aromatic rings. The zero-order valence-electron chi connectivity index (χ0n) is 13.1. The average molecular weight is 335 g/mol. The van der Waals surface area contributed by atoms with E-state index in [1.165, 1.54) is 17.8 Å². The van der Waals surface area contributed by atoms with Gasteiger partial charge in [0.05, 0.1) is 5.25 Å². The van der Waals surface area contributed by atoms with Crippen LogP contribution in [0.2, 0.25) is 0 Å².